The topological polar surface area (TPSA) is 80.8 Å². The summed E-state index contributed by atoms with van der Waals surface area (Å²) in [6, 6.07) is 3.34. The number of carbonyl (C=O) groups is 2. The molecule has 1 saturated heterocycles. The van der Waals surface area contributed by atoms with Crippen LogP contribution in [0, 0.1) is 20.8 Å². The van der Waals surface area contributed by atoms with Gasteiger partial charge < -0.3 is 9.64 Å². The van der Waals surface area contributed by atoms with Gasteiger partial charge in [-0.15, -0.1) is 0 Å². The third kappa shape index (κ3) is 5.09. The molecule has 0 saturated carbocycles. The van der Waals surface area contributed by atoms with E-state index in [1.165, 1.54) is 0 Å². The second-order valence-corrected chi connectivity index (χ2v) is 9.69. The molecule has 7 heteroatoms. The molecule has 1 aliphatic rings. The van der Waals surface area contributed by atoms with Crippen LogP contribution in [-0.2, 0) is 19.4 Å². The van der Waals surface area contributed by atoms with Crippen LogP contribution in [0.15, 0.2) is 12.1 Å². The van der Waals surface area contributed by atoms with Gasteiger partial charge in [0.2, 0.25) is 0 Å². The van der Waals surface area contributed by atoms with E-state index >= 15 is 0 Å². The zero-order chi connectivity index (χ0) is 20.4. The minimum atomic E-state index is -3.11. The average molecular weight is 396 g/mol. The highest BCUT2D eigenvalue weighted by atomic mass is 32.2. The molecule has 1 aromatic carbocycles. The Hall–Kier alpha value is -1.89. The standard InChI is InChI=1S/C20H29NO5S/c1-6-16(5)21(17-7-8-27(24,25)12-17)18(22)11-26-20(23)19-14(3)9-13(2)10-15(19)4/h9-10,16-17H,6-8,11-12H2,1-5H3/t16-,17+/m0/s1. The summed E-state index contributed by atoms with van der Waals surface area (Å²) in [7, 11) is -3.11. The van der Waals surface area contributed by atoms with Crippen molar-refractivity contribution in [3.05, 3.63) is 34.4 Å². The van der Waals surface area contributed by atoms with E-state index < -0.39 is 15.8 Å². The number of nitrogens with zero attached hydrogens (tertiary/aromatic N) is 1. The summed E-state index contributed by atoms with van der Waals surface area (Å²) in [5, 5.41) is 0. The molecule has 0 unspecified atom stereocenters. The normalized spacial score (nSPS) is 19.5. The van der Waals surface area contributed by atoms with Gasteiger partial charge in [-0.2, -0.15) is 0 Å². The Balaban J connectivity index is 2.11. The molecule has 1 amide bonds. The molecule has 0 spiro atoms. The van der Waals surface area contributed by atoms with E-state index in [1.54, 1.807) is 4.90 Å². The summed E-state index contributed by atoms with van der Waals surface area (Å²) in [5.74, 6) is -0.796. The lowest BCUT2D eigenvalue weighted by Crippen LogP contribution is -2.48. The van der Waals surface area contributed by atoms with Gasteiger partial charge in [0.1, 0.15) is 0 Å². The van der Waals surface area contributed by atoms with Gasteiger partial charge in [0.25, 0.3) is 5.91 Å². The molecule has 150 valence electrons. The quantitative estimate of drug-likeness (QED) is 0.692. The summed E-state index contributed by atoms with van der Waals surface area (Å²) in [6.07, 6.45) is 1.13. The number of esters is 1. The number of benzene rings is 1. The van der Waals surface area contributed by atoms with E-state index in [0.717, 1.165) is 16.7 Å². The first-order valence-corrected chi connectivity index (χ1v) is 11.1. The molecule has 6 nitrogen and oxygen atoms in total. The monoisotopic (exact) mass is 395 g/mol. The fourth-order valence-corrected chi connectivity index (χ4v) is 5.49. The summed E-state index contributed by atoms with van der Waals surface area (Å²) in [4.78, 5) is 26.8. The third-order valence-corrected chi connectivity index (χ3v) is 6.91. The molecule has 27 heavy (non-hydrogen) atoms. The van der Waals surface area contributed by atoms with E-state index in [-0.39, 0.29) is 36.1 Å². The Bertz CT molecular complexity index is 808. The van der Waals surface area contributed by atoms with Crippen LogP contribution in [0.3, 0.4) is 0 Å². The molecular weight excluding hydrogens is 366 g/mol. The van der Waals surface area contributed by atoms with Crippen molar-refractivity contribution in [1.29, 1.82) is 0 Å². The molecule has 1 fully saturated rings. The highest BCUT2D eigenvalue weighted by Crippen LogP contribution is 2.22. The smallest absolute Gasteiger partial charge is 0.339 e. The summed E-state index contributed by atoms with van der Waals surface area (Å²) >= 11 is 0. The van der Waals surface area contributed by atoms with Crippen molar-refractivity contribution >= 4 is 21.7 Å². The average Bonchev–Trinajstić information content (AvgIpc) is 2.91. The molecule has 0 aliphatic carbocycles. The first-order valence-electron chi connectivity index (χ1n) is 9.32. The van der Waals surface area contributed by atoms with E-state index in [2.05, 4.69) is 0 Å². The Morgan fingerprint density at radius 3 is 2.30 bits per heavy atom. The van der Waals surface area contributed by atoms with Crippen molar-refractivity contribution in [2.45, 2.75) is 59.5 Å². The first kappa shape index (κ1) is 21.4. The highest BCUT2D eigenvalue weighted by Gasteiger charge is 2.36. The van der Waals surface area contributed by atoms with Crippen molar-refractivity contribution in [2.75, 3.05) is 18.1 Å². The van der Waals surface area contributed by atoms with Gasteiger partial charge in [-0.05, 0) is 51.7 Å². The Morgan fingerprint density at radius 1 is 1.22 bits per heavy atom. The zero-order valence-electron chi connectivity index (χ0n) is 16.7. The maximum atomic E-state index is 12.8. The Morgan fingerprint density at radius 2 is 1.81 bits per heavy atom. The highest BCUT2D eigenvalue weighted by molar-refractivity contribution is 7.91. The van der Waals surface area contributed by atoms with Crippen LogP contribution in [0.4, 0.5) is 0 Å². The Labute approximate surface area is 161 Å². The molecule has 2 atom stereocenters. The van der Waals surface area contributed by atoms with Crippen LogP contribution in [-0.4, -0.2) is 55.4 Å². The number of carbonyl (C=O) groups excluding carboxylic acids is 2. The van der Waals surface area contributed by atoms with Crippen molar-refractivity contribution in [1.82, 2.24) is 4.90 Å². The second-order valence-electron chi connectivity index (χ2n) is 7.46. The van der Waals surface area contributed by atoms with Crippen molar-refractivity contribution < 1.29 is 22.7 Å². The van der Waals surface area contributed by atoms with Crippen LogP contribution >= 0.6 is 0 Å². The number of sulfone groups is 1. The fraction of sp³-hybridized carbons (Fsp3) is 0.600. The van der Waals surface area contributed by atoms with E-state index in [1.807, 2.05) is 46.8 Å². The third-order valence-electron chi connectivity index (χ3n) is 5.16. The van der Waals surface area contributed by atoms with Crippen LogP contribution in [0.1, 0.15) is 53.7 Å². The van der Waals surface area contributed by atoms with Gasteiger partial charge in [0.05, 0.1) is 17.1 Å². The lowest BCUT2D eigenvalue weighted by atomic mass is 10.00. The molecule has 2 rings (SSSR count). The molecule has 0 aromatic heterocycles. The van der Waals surface area contributed by atoms with E-state index in [9.17, 15) is 18.0 Å². The predicted octanol–water partition coefficient (Wildman–Crippen LogP) is 2.58. The molecule has 1 aliphatic heterocycles. The lowest BCUT2D eigenvalue weighted by Gasteiger charge is -2.33. The van der Waals surface area contributed by atoms with Crippen LogP contribution < -0.4 is 0 Å². The van der Waals surface area contributed by atoms with Gasteiger partial charge in [-0.3, -0.25) is 4.79 Å². The first-order chi connectivity index (χ1) is 12.6. The van der Waals surface area contributed by atoms with Crippen LogP contribution in [0.25, 0.3) is 0 Å². The molecular formula is C20H29NO5S. The molecule has 1 aromatic rings. The number of amides is 1. The maximum absolute atomic E-state index is 12.8. The molecule has 0 radical (unpaired) electrons. The van der Waals surface area contributed by atoms with Gasteiger partial charge >= 0.3 is 5.97 Å². The Kier molecular flexibility index (Phi) is 6.68. The number of hydrogen-bond acceptors (Lipinski definition) is 5. The van der Waals surface area contributed by atoms with E-state index in [0.29, 0.717) is 18.4 Å². The lowest BCUT2D eigenvalue weighted by molar-refractivity contribution is -0.138. The van der Waals surface area contributed by atoms with Crippen molar-refractivity contribution in [3.63, 3.8) is 0 Å². The predicted molar refractivity (Wildman–Crippen MR) is 105 cm³/mol. The number of ether oxygens (including phenoxy) is 1. The van der Waals surface area contributed by atoms with Crippen molar-refractivity contribution in [2.24, 2.45) is 0 Å². The van der Waals surface area contributed by atoms with Crippen molar-refractivity contribution in [3.8, 4) is 0 Å². The van der Waals surface area contributed by atoms with E-state index in [4.69, 9.17) is 4.74 Å². The van der Waals surface area contributed by atoms with Gasteiger partial charge in [0, 0.05) is 12.1 Å². The van der Waals surface area contributed by atoms with Crippen LogP contribution in [0.5, 0.6) is 0 Å². The SMILES string of the molecule is CC[C@H](C)N(C(=O)COC(=O)c1c(C)cc(C)cc1C)[C@@H]1CCS(=O)(=O)C1. The molecule has 0 N–H and O–H groups in total. The summed E-state index contributed by atoms with van der Waals surface area (Å²) in [6.45, 7) is 9.09. The zero-order valence-corrected chi connectivity index (χ0v) is 17.6. The fourth-order valence-electron chi connectivity index (χ4n) is 3.78. The maximum Gasteiger partial charge on any atom is 0.339 e. The van der Waals surface area contributed by atoms with Crippen LogP contribution in [0.2, 0.25) is 0 Å². The van der Waals surface area contributed by atoms with Gasteiger partial charge in [-0.1, -0.05) is 24.6 Å². The minimum absolute atomic E-state index is 0.0206. The van der Waals surface area contributed by atoms with Gasteiger partial charge in [0.15, 0.2) is 16.4 Å². The minimum Gasteiger partial charge on any atom is -0.452 e. The number of hydrogen-bond donors (Lipinski definition) is 0. The number of rotatable bonds is 6. The number of aryl methyl sites for hydroxylation is 3. The van der Waals surface area contributed by atoms with Gasteiger partial charge in [-0.25, -0.2) is 13.2 Å². The second kappa shape index (κ2) is 8.42. The largest absolute Gasteiger partial charge is 0.452 e. The summed E-state index contributed by atoms with van der Waals surface area (Å²) in [5.41, 5.74) is 3.16. The molecule has 1 heterocycles. The summed E-state index contributed by atoms with van der Waals surface area (Å²) < 4.78 is 28.9. The molecule has 0 bridgehead atoms.